The lowest BCUT2D eigenvalue weighted by Gasteiger charge is -2.13. The highest BCUT2D eigenvalue weighted by molar-refractivity contribution is 9.42. The maximum Gasteiger partial charge on any atom is 0.239 e. The Kier molecular flexibility index (Phi) is 3.98. The van der Waals surface area contributed by atoms with Crippen LogP contribution in [0.3, 0.4) is 0 Å². The molecule has 0 N–H and O–H groups in total. The van der Waals surface area contributed by atoms with Crippen LogP contribution in [-0.2, 0) is 9.84 Å². The number of hydrogen-bond donors (Lipinski definition) is 0. The lowest BCUT2D eigenvalue weighted by atomic mass is 10.2. The first-order valence-corrected chi connectivity index (χ1v) is 7.47. The van der Waals surface area contributed by atoms with Crippen molar-refractivity contribution in [1.82, 2.24) is 0 Å². The molecule has 0 aliphatic carbocycles. The molecule has 0 unspecified atom stereocenters. The van der Waals surface area contributed by atoms with Crippen molar-refractivity contribution in [2.75, 3.05) is 0 Å². The van der Waals surface area contributed by atoms with Crippen LogP contribution in [0.4, 0.5) is 0 Å². The molecule has 3 nitrogen and oxygen atoms in total. The van der Waals surface area contributed by atoms with E-state index >= 15 is 0 Å². The second-order valence-corrected chi connectivity index (χ2v) is 13.0. The fourth-order valence-corrected chi connectivity index (χ4v) is 3.36. The number of sulfone groups is 1. The molecule has 0 bridgehead atoms. The van der Waals surface area contributed by atoms with Crippen molar-refractivity contribution < 1.29 is 8.42 Å². The van der Waals surface area contributed by atoms with E-state index in [0.717, 1.165) is 0 Å². The number of alkyl halides is 3. The summed E-state index contributed by atoms with van der Waals surface area (Å²) in [7, 11) is -3.61. The van der Waals surface area contributed by atoms with E-state index < -0.39 is 11.3 Å². The molecule has 0 fully saturated rings. The third kappa shape index (κ3) is 2.81. The van der Waals surface area contributed by atoms with Gasteiger partial charge in [-0.15, -0.1) is 0 Å². The van der Waals surface area contributed by atoms with Gasteiger partial charge in [-0.1, -0.05) is 6.07 Å². The van der Waals surface area contributed by atoms with Gasteiger partial charge in [0, 0.05) is 0 Å². The smallest absolute Gasteiger partial charge is 0.220 e. The average molecular weight is 418 g/mol. The normalized spacial score (nSPS) is 12.1. The van der Waals surface area contributed by atoms with Gasteiger partial charge < -0.3 is 0 Å². The first kappa shape index (κ1) is 13.2. The number of halogens is 3. The van der Waals surface area contributed by atoms with Crippen molar-refractivity contribution in [2.45, 2.75) is 6.37 Å². The molecule has 0 atom stereocenters. The van der Waals surface area contributed by atoms with Crippen LogP contribution >= 0.6 is 47.8 Å². The van der Waals surface area contributed by atoms with Crippen molar-refractivity contribution in [3.63, 3.8) is 0 Å². The minimum atomic E-state index is -3.61. The van der Waals surface area contributed by atoms with Crippen molar-refractivity contribution in [3.8, 4) is 6.07 Å². The van der Waals surface area contributed by atoms with Crippen LogP contribution in [0.15, 0.2) is 29.2 Å². The van der Waals surface area contributed by atoms with Crippen molar-refractivity contribution >= 4 is 57.6 Å². The van der Waals surface area contributed by atoms with E-state index in [1.165, 1.54) is 24.3 Å². The number of hydrogen-bond acceptors (Lipinski definition) is 3. The third-order valence-electron chi connectivity index (χ3n) is 1.58. The number of nitriles is 1. The molecule has 15 heavy (non-hydrogen) atoms. The molecule has 0 radical (unpaired) electrons. The Morgan fingerprint density at radius 2 is 1.87 bits per heavy atom. The first-order chi connectivity index (χ1) is 6.79. The highest BCUT2D eigenvalue weighted by atomic mass is 80.0. The van der Waals surface area contributed by atoms with Crippen LogP contribution in [0, 0.1) is 11.3 Å². The number of nitrogens with zero attached hydrogens (tertiary/aromatic N) is 1. The molecule has 0 aromatic heterocycles. The maximum atomic E-state index is 11.9. The highest BCUT2D eigenvalue weighted by Crippen LogP contribution is 2.43. The topological polar surface area (TPSA) is 57.9 Å². The molecule has 1 aromatic carbocycles. The summed E-state index contributed by atoms with van der Waals surface area (Å²) >= 11 is 8.84. The zero-order valence-corrected chi connectivity index (χ0v) is 12.7. The Labute approximate surface area is 113 Å². The summed E-state index contributed by atoms with van der Waals surface area (Å²) in [6.45, 7) is 0. The van der Waals surface area contributed by atoms with E-state index in [4.69, 9.17) is 5.26 Å². The molecule has 80 valence electrons. The zero-order chi connectivity index (χ0) is 11.7. The molecular weight excluding hydrogens is 414 g/mol. The second-order valence-electron chi connectivity index (χ2n) is 2.59. The molecule has 0 amide bonds. The van der Waals surface area contributed by atoms with Gasteiger partial charge in [0.1, 0.15) is 0 Å². The summed E-state index contributed by atoms with van der Waals surface area (Å²) in [5.74, 6) is 0. The van der Waals surface area contributed by atoms with Crippen LogP contribution in [0.2, 0.25) is 0 Å². The summed E-state index contributed by atoms with van der Waals surface area (Å²) < 4.78 is 22.3. The molecule has 1 rings (SSSR count). The molecule has 0 saturated heterocycles. The minimum absolute atomic E-state index is 0.0622. The van der Waals surface area contributed by atoms with Gasteiger partial charge in [-0.2, -0.15) is 5.26 Å². The molecule has 0 spiro atoms. The monoisotopic (exact) mass is 415 g/mol. The van der Waals surface area contributed by atoms with E-state index in [-0.39, 0.29) is 4.90 Å². The van der Waals surface area contributed by atoms with E-state index in [1.54, 1.807) is 0 Å². The van der Waals surface area contributed by atoms with E-state index in [2.05, 4.69) is 47.8 Å². The van der Waals surface area contributed by atoms with Gasteiger partial charge in [-0.05, 0) is 66.0 Å². The van der Waals surface area contributed by atoms with Crippen LogP contribution in [0.5, 0.6) is 0 Å². The van der Waals surface area contributed by atoms with Crippen molar-refractivity contribution in [3.05, 3.63) is 29.8 Å². The Morgan fingerprint density at radius 3 is 2.33 bits per heavy atom. The highest BCUT2D eigenvalue weighted by Gasteiger charge is 2.37. The molecule has 0 aliphatic heterocycles. The van der Waals surface area contributed by atoms with Gasteiger partial charge in [-0.25, -0.2) is 8.42 Å². The Balaban J connectivity index is 3.37. The van der Waals surface area contributed by atoms with E-state index in [0.29, 0.717) is 5.56 Å². The Morgan fingerprint density at radius 1 is 1.27 bits per heavy atom. The lowest BCUT2D eigenvalue weighted by molar-refractivity contribution is 0.599. The van der Waals surface area contributed by atoms with Gasteiger partial charge in [0.2, 0.25) is 11.3 Å². The van der Waals surface area contributed by atoms with Crippen molar-refractivity contribution in [2.24, 2.45) is 0 Å². The summed E-state index contributed by atoms with van der Waals surface area (Å²) in [5, 5.41) is 8.65. The zero-order valence-electron chi connectivity index (χ0n) is 7.12. The van der Waals surface area contributed by atoms with Crippen molar-refractivity contribution in [1.29, 1.82) is 5.26 Å². The molecular formula is C8H4Br3NO2S. The molecule has 0 aliphatic rings. The second kappa shape index (κ2) is 4.53. The lowest BCUT2D eigenvalue weighted by Crippen LogP contribution is -2.17. The van der Waals surface area contributed by atoms with Gasteiger partial charge in [0.05, 0.1) is 16.5 Å². The van der Waals surface area contributed by atoms with Crippen LogP contribution in [0.1, 0.15) is 5.56 Å². The van der Waals surface area contributed by atoms with Gasteiger partial charge in [0.15, 0.2) is 0 Å². The standard InChI is InChI=1S/C8H4Br3NO2S/c9-8(10,11)15(13,14)7-3-1-2-6(4-7)5-12/h1-4H. The fraction of sp³-hybridized carbons (Fsp3) is 0.125. The van der Waals surface area contributed by atoms with Crippen LogP contribution in [-0.4, -0.2) is 9.89 Å². The predicted octanol–water partition coefficient (Wildman–Crippen LogP) is 3.13. The Bertz CT molecular complexity index is 513. The van der Waals surface area contributed by atoms with E-state index in [9.17, 15) is 8.42 Å². The first-order valence-electron chi connectivity index (χ1n) is 3.60. The predicted molar refractivity (Wildman–Crippen MR) is 67.9 cm³/mol. The summed E-state index contributed by atoms with van der Waals surface area (Å²) in [5.41, 5.74) is 0.299. The molecule has 0 saturated carbocycles. The SMILES string of the molecule is N#Cc1cccc(S(=O)(=O)C(Br)(Br)Br)c1. The van der Waals surface area contributed by atoms with Crippen LogP contribution in [0.25, 0.3) is 0 Å². The molecule has 0 heterocycles. The largest absolute Gasteiger partial charge is 0.239 e. The summed E-state index contributed by atoms with van der Waals surface area (Å²) in [6.07, 6.45) is 0. The number of benzene rings is 1. The third-order valence-corrected chi connectivity index (χ3v) is 6.90. The number of rotatable bonds is 1. The quantitative estimate of drug-likeness (QED) is 0.659. The van der Waals surface area contributed by atoms with Crippen LogP contribution < -0.4 is 0 Å². The molecule has 1 aromatic rings. The summed E-state index contributed by atoms with van der Waals surface area (Å²) in [6, 6.07) is 7.68. The molecule has 7 heteroatoms. The van der Waals surface area contributed by atoms with E-state index in [1.807, 2.05) is 6.07 Å². The Hall–Kier alpha value is 0.1000. The summed E-state index contributed by atoms with van der Waals surface area (Å²) in [4.78, 5) is 0.0622. The van der Waals surface area contributed by atoms with Gasteiger partial charge in [0.25, 0.3) is 0 Å². The van der Waals surface area contributed by atoms with Gasteiger partial charge in [-0.3, -0.25) is 0 Å². The van der Waals surface area contributed by atoms with Gasteiger partial charge >= 0.3 is 0 Å². The maximum absolute atomic E-state index is 11.9. The fourth-order valence-electron chi connectivity index (χ4n) is 0.866. The average Bonchev–Trinajstić information content (AvgIpc) is 2.16. The minimum Gasteiger partial charge on any atom is -0.220 e.